The molecule has 0 radical (unpaired) electrons. The summed E-state index contributed by atoms with van der Waals surface area (Å²) in [6.07, 6.45) is 0. The highest BCUT2D eigenvalue weighted by Gasteiger charge is 2.20. The number of methoxy groups -OCH3 is 1. The Morgan fingerprint density at radius 1 is 1.43 bits per heavy atom. The molecule has 8 heteroatoms. The smallest absolute Gasteiger partial charge is 0.356 e. The number of carbonyl (C=O) groups excluding carboxylic acids is 1. The zero-order valence-electron chi connectivity index (χ0n) is 11.1. The van der Waals surface area contributed by atoms with E-state index < -0.39 is 5.97 Å². The number of anilines is 2. The first-order valence-electron chi connectivity index (χ1n) is 5.78. The Hall–Kier alpha value is -1.93. The van der Waals surface area contributed by atoms with E-state index in [2.05, 4.69) is 26.2 Å². The van der Waals surface area contributed by atoms with Gasteiger partial charge in [0.15, 0.2) is 16.6 Å². The molecular formula is C13H11BrN2O4S. The molecule has 1 heterocycles. The fourth-order valence-electron chi connectivity index (χ4n) is 1.62. The third-order valence-electron chi connectivity index (χ3n) is 2.55. The van der Waals surface area contributed by atoms with E-state index in [0.717, 1.165) is 15.8 Å². The van der Waals surface area contributed by atoms with Crippen molar-refractivity contribution in [2.75, 3.05) is 12.4 Å². The number of carboxylic acids is 1. The standard InChI is InChI=1S/C13H11BrN2O4S/c1-6(17)11-10(12(18)19)16-13(21-11)15-7-3-4-8(14)9(5-7)20-2/h3-5H,1-2H3,(H,15,16)(H,18,19). The van der Waals surface area contributed by atoms with Crippen molar-refractivity contribution in [3.63, 3.8) is 0 Å². The van der Waals surface area contributed by atoms with Crippen LogP contribution in [0.15, 0.2) is 22.7 Å². The summed E-state index contributed by atoms with van der Waals surface area (Å²) in [6.45, 7) is 1.31. The molecule has 0 aliphatic rings. The highest BCUT2D eigenvalue weighted by molar-refractivity contribution is 9.10. The number of thiazole rings is 1. The zero-order chi connectivity index (χ0) is 15.6. The van der Waals surface area contributed by atoms with Crippen molar-refractivity contribution in [1.29, 1.82) is 0 Å². The number of nitrogens with one attached hydrogen (secondary N) is 1. The number of hydrogen-bond donors (Lipinski definition) is 2. The van der Waals surface area contributed by atoms with Crippen molar-refractivity contribution in [2.24, 2.45) is 0 Å². The van der Waals surface area contributed by atoms with Crippen molar-refractivity contribution >= 4 is 49.8 Å². The minimum atomic E-state index is -1.22. The second-order valence-corrected chi connectivity index (χ2v) is 5.89. The van der Waals surface area contributed by atoms with Gasteiger partial charge in [0.05, 0.1) is 11.6 Å². The fraction of sp³-hybridized carbons (Fsp3) is 0.154. The first-order chi connectivity index (χ1) is 9.92. The second kappa shape index (κ2) is 6.23. The molecule has 0 amide bonds. The van der Waals surface area contributed by atoms with E-state index in [1.165, 1.54) is 6.92 Å². The maximum Gasteiger partial charge on any atom is 0.356 e. The van der Waals surface area contributed by atoms with Gasteiger partial charge in [-0.15, -0.1) is 0 Å². The lowest BCUT2D eigenvalue weighted by atomic mass is 10.3. The highest BCUT2D eigenvalue weighted by Crippen LogP contribution is 2.31. The third kappa shape index (κ3) is 3.40. The zero-order valence-corrected chi connectivity index (χ0v) is 13.5. The minimum Gasteiger partial charge on any atom is -0.495 e. The van der Waals surface area contributed by atoms with Crippen molar-refractivity contribution in [1.82, 2.24) is 4.98 Å². The molecule has 6 nitrogen and oxygen atoms in total. The van der Waals surface area contributed by atoms with E-state index in [1.807, 2.05) is 0 Å². The number of nitrogens with zero attached hydrogens (tertiary/aromatic N) is 1. The molecule has 110 valence electrons. The number of carboxylic acid groups (broad SMARTS) is 1. The number of aromatic carboxylic acids is 1. The van der Waals surface area contributed by atoms with Gasteiger partial charge in [0, 0.05) is 18.7 Å². The van der Waals surface area contributed by atoms with Gasteiger partial charge in [0.25, 0.3) is 0 Å². The number of ether oxygens (including phenoxy) is 1. The van der Waals surface area contributed by atoms with Crippen molar-refractivity contribution in [2.45, 2.75) is 6.92 Å². The van der Waals surface area contributed by atoms with Crippen LogP contribution in [-0.4, -0.2) is 29.0 Å². The molecule has 2 aromatic rings. The summed E-state index contributed by atoms with van der Waals surface area (Å²) in [5.41, 5.74) is 0.440. The summed E-state index contributed by atoms with van der Waals surface area (Å²) in [5.74, 6) is -0.925. The van der Waals surface area contributed by atoms with Crippen LogP contribution in [0.1, 0.15) is 27.1 Å². The van der Waals surface area contributed by atoms with Gasteiger partial charge in [-0.3, -0.25) is 4.79 Å². The average Bonchev–Trinajstić information content (AvgIpc) is 2.85. The Kier molecular flexibility index (Phi) is 4.59. The number of ketones is 1. The van der Waals surface area contributed by atoms with E-state index in [9.17, 15) is 9.59 Å². The summed E-state index contributed by atoms with van der Waals surface area (Å²) >= 11 is 4.35. The van der Waals surface area contributed by atoms with Crippen molar-refractivity contribution in [3.05, 3.63) is 33.2 Å². The topological polar surface area (TPSA) is 88.5 Å². The summed E-state index contributed by atoms with van der Waals surface area (Å²) < 4.78 is 5.97. The lowest BCUT2D eigenvalue weighted by Crippen LogP contribution is -2.03. The summed E-state index contributed by atoms with van der Waals surface area (Å²) in [7, 11) is 1.55. The van der Waals surface area contributed by atoms with Gasteiger partial charge < -0.3 is 15.2 Å². The van der Waals surface area contributed by atoms with Gasteiger partial charge in [-0.25, -0.2) is 9.78 Å². The average molecular weight is 371 g/mol. The van der Waals surface area contributed by atoms with Gasteiger partial charge in [-0.2, -0.15) is 0 Å². The molecule has 0 atom stereocenters. The third-order valence-corrected chi connectivity index (χ3v) is 4.28. The summed E-state index contributed by atoms with van der Waals surface area (Å²) in [6, 6.07) is 5.31. The Morgan fingerprint density at radius 3 is 2.67 bits per heavy atom. The normalized spacial score (nSPS) is 10.2. The number of benzene rings is 1. The number of carbonyl (C=O) groups is 2. The first-order valence-corrected chi connectivity index (χ1v) is 7.39. The number of rotatable bonds is 5. The Balaban J connectivity index is 2.34. The van der Waals surface area contributed by atoms with E-state index in [0.29, 0.717) is 16.6 Å². The van der Waals surface area contributed by atoms with Crippen LogP contribution in [-0.2, 0) is 0 Å². The van der Waals surface area contributed by atoms with Crippen LogP contribution in [0.3, 0.4) is 0 Å². The van der Waals surface area contributed by atoms with Crippen LogP contribution in [0.2, 0.25) is 0 Å². The first kappa shape index (κ1) is 15.5. The van der Waals surface area contributed by atoms with Crippen LogP contribution in [0, 0.1) is 0 Å². The number of Topliss-reactive ketones (excluding diaryl/α,β-unsaturated/α-hetero) is 1. The maximum atomic E-state index is 11.4. The molecule has 0 unspecified atom stereocenters. The van der Waals surface area contributed by atoms with Gasteiger partial charge in [-0.05, 0) is 28.1 Å². The molecule has 2 N–H and O–H groups in total. The van der Waals surface area contributed by atoms with Gasteiger partial charge in [0.1, 0.15) is 10.6 Å². The SMILES string of the molecule is COc1cc(Nc2nc(C(=O)O)c(C(C)=O)s2)ccc1Br. The predicted octanol–water partition coefficient (Wildman–Crippen LogP) is 3.56. The Labute approximate surface area is 132 Å². The van der Waals surface area contributed by atoms with Crippen LogP contribution < -0.4 is 10.1 Å². The lowest BCUT2D eigenvalue weighted by Gasteiger charge is -2.07. The highest BCUT2D eigenvalue weighted by atomic mass is 79.9. The Morgan fingerprint density at radius 2 is 2.14 bits per heavy atom. The molecule has 1 aromatic carbocycles. The van der Waals surface area contributed by atoms with E-state index >= 15 is 0 Å². The van der Waals surface area contributed by atoms with E-state index in [-0.39, 0.29) is 16.4 Å². The van der Waals surface area contributed by atoms with Crippen LogP contribution in [0.25, 0.3) is 0 Å². The van der Waals surface area contributed by atoms with Gasteiger partial charge in [0.2, 0.25) is 0 Å². The number of hydrogen-bond acceptors (Lipinski definition) is 6. The van der Waals surface area contributed by atoms with E-state index in [4.69, 9.17) is 9.84 Å². The fourth-order valence-corrected chi connectivity index (χ4v) is 2.90. The molecule has 1 aromatic heterocycles. The molecule has 0 aliphatic heterocycles. The van der Waals surface area contributed by atoms with E-state index in [1.54, 1.807) is 25.3 Å². The van der Waals surface area contributed by atoms with Crippen LogP contribution in [0.4, 0.5) is 10.8 Å². The molecule has 0 aliphatic carbocycles. The van der Waals surface area contributed by atoms with Crippen molar-refractivity contribution < 1.29 is 19.4 Å². The predicted molar refractivity (Wildman–Crippen MR) is 83.1 cm³/mol. The monoisotopic (exact) mass is 370 g/mol. The quantitative estimate of drug-likeness (QED) is 0.782. The van der Waals surface area contributed by atoms with Gasteiger partial charge in [-0.1, -0.05) is 11.3 Å². The maximum absolute atomic E-state index is 11.4. The summed E-state index contributed by atoms with van der Waals surface area (Å²) in [4.78, 5) is 26.6. The molecule has 0 bridgehead atoms. The number of halogens is 1. The van der Waals surface area contributed by atoms with Crippen LogP contribution >= 0.6 is 27.3 Å². The molecule has 21 heavy (non-hydrogen) atoms. The van der Waals surface area contributed by atoms with Gasteiger partial charge >= 0.3 is 5.97 Å². The minimum absolute atomic E-state index is 0.120. The summed E-state index contributed by atoms with van der Waals surface area (Å²) in [5, 5.41) is 12.4. The molecule has 0 fully saturated rings. The molecule has 0 saturated carbocycles. The molecular weight excluding hydrogens is 360 g/mol. The second-order valence-electron chi connectivity index (χ2n) is 4.03. The lowest BCUT2D eigenvalue weighted by molar-refractivity contribution is 0.0687. The largest absolute Gasteiger partial charge is 0.495 e. The molecule has 0 spiro atoms. The van der Waals surface area contributed by atoms with Crippen LogP contribution in [0.5, 0.6) is 5.75 Å². The molecule has 2 rings (SSSR count). The Bertz CT molecular complexity index is 683. The number of aromatic nitrogens is 1. The van der Waals surface area contributed by atoms with Crippen molar-refractivity contribution in [3.8, 4) is 5.75 Å². The molecule has 0 saturated heterocycles.